The number of carbonyl (C=O) groups is 2. The lowest BCUT2D eigenvalue weighted by Gasteiger charge is -2.54. The SMILES string of the molecule is CC.CCC1(C)CC2CC(C)CC(OCCOC(=O)CNc3ccc(CNCCCCC(O)CO)cc3)(C2)C1.C[C@@H]1CCCN1C=O. The third kappa shape index (κ3) is 14.8. The summed E-state index contributed by atoms with van der Waals surface area (Å²) in [6, 6.07) is 8.51. The van der Waals surface area contributed by atoms with Crippen molar-refractivity contribution >= 4 is 18.1 Å². The average molecular weight is 662 g/mol. The largest absolute Gasteiger partial charge is 0.462 e. The molecule has 1 saturated heterocycles. The molecule has 5 unspecified atom stereocenters. The third-order valence-corrected chi connectivity index (χ3v) is 10.1. The van der Waals surface area contributed by atoms with Crippen LogP contribution in [0.5, 0.6) is 0 Å². The van der Waals surface area contributed by atoms with Gasteiger partial charge in [0.1, 0.15) is 13.2 Å². The van der Waals surface area contributed by atoms with E-state index in [1.54, 1.807) is 0 Å². The number of aliphatic hydroxyl groups is 2. The van der Waals surface area contributed by atoms with Crippen LogP contribution in [0.25, 0.3) is 0 Å². The van der Waals surface area contributed by atoms with E-state index < -0.39 is 6.10 Å². The Labute approximate surface area is 285 Å². The summed E-state index contributed by atoms with van der Waals surface area (Å²) in [7, 11) is 0. The Morgan fingerprint density at radius 3 is 2.49 bits per heavy atom. The topological polar surface area (TPSA) is 120 Å². The molecule has 0 spiro atoms. The number of esters is 1. The first-order chi connectivity index (χ1) is 22.6. The van der Waals surface area contributed by atoms with E-state index in [9.17, 15) is 14.7 Å². The number of nitrogens with zero attached hydrogens (tertiary/aromatic N) is 1. The second kappa shape index (κ2) is 21.7. The maximum atomic E-state index is 12.3. The molecule has 1 amide bonds. The van der Waals surface area contributed by atoms with Gasteiger partial charge in [-0.25, -0.2) is 0 Å². The van der Waals surface area contributed by atoms with Gasteiger partial charge in [-0.2, -0.15) is 0 Å². The second-order valence-electron chi connectivity index (χ2n) is 14.3. The summed E-state index contributed by atoms with van der Waals surface area (Å²) >= 11 is 0. The summed E-state index contributed by atoms with van der Waals surface area (Å²) in [6.45, 7) is 16.5. The van der Waals surface area contributed by atoms with Crippen LogP contribution in [-0.2, 0) is 25.6 Å². The zero-order valence-corrected chi connectivity index (χ0v) is 30.4. The van der Waals surface area contributed by atoms with Crippen molar-refractivity contribution < 1.29 is 29.3 Å². The summed E-state index contributed by atoms with van der Waals surface area (Å²) in [5.74, 6) is 1.19. The van der Waals surface area contributed by atoms with Gasteiger partial charge in [-0.3, -0.25) is 9.59 Å². The smallest absolute Gasteiger partial charge is 0.325 e. The average Bonchev–Trinajstić information content (AvgIpc) is 3.49. The van der Waals surface area contributed by atoms with Gasteiger partial charge in [-0.15, -0.1) is 0 Å². The van der Waals surface area contributed by atoms with E-state index in [-0.39, 0.29) is 24.7 Å². The molecule has 3 fully saturated rings. The fourth-order valence-electron chi connectivity index (χ4n) is 7.71. The van der Waals surface area contributed by atoms with Crippen LogP contribution in [0.1, 0.15) is 118 Å². The fraction of sp³-hybridized carbons (Fsp3) is 0.789. The molecule has 6 atom stereocenters. The molecule has 3 aliphatic rings. The van der Waals surface area contributed by atoms with E-state index in [4.69, 9.17) is 14.6 Å². The lowest BCUT2D eigenvalue weighted by molar-refractivity contribution is -0.165. The number of benzene rings is 1. The number of anilines is 1. The molecule has 0 radical (unpaired) electrons. The van der Waals surface area contributed by atoms with Gasteiger partial charge in [-0.1, -0.05) is 53.2 Å². The Morgan fingerprint density at radius 1 is 1.13 bits per heavy atom. The number of likely N-dealkylation sites (tertiary alicyclic amines) is 1. The molecule has 9 nitrogen and oxygen atoms in total. The number of amides is 1. The summed E-state index contributed by atoms with van der Waals surface area (Å²) in [5.41, 5.74) is 2.37. The zero-order chi connectivity index (χ0) is 34.7. The van der Waals surface area contributed by atoms with Crippen LogP contribution in [0.4, 0.5) is 5.69 Å². The highest BCUT2D eigenvalue weighted by molar-refractivity contribution is 5.74. The molecule has 2 saturated carbocycles. The lowest BCUT2D eigenvalue weighted by Crippen LogP contribution is -2.50. The second-order valence-corrected chi connectivity index (χ2v) is 14.3. The van der Waals surface area contributed by atoms with Crippen molar-refractivity contribution in [3.63, 3.8) is 0 Å². The zero-order valence-electron chi connectivity index (χ0n) is 30.4. The van der Waals surface area contributed by atoms with Crippen LogP contribution in [0, 0.1) is 17.3 Å². The summed E-state index contributed by atoms with van der Waals surface area (Å²) in [4.78, 5) is 24.2. The molecular weight excluding hydrogens is 594 g/mol. The van der Waals surface area contributed by atoms with E-state index >= 15 is 0 Å². The van der Waals surface area contributed by atoms with E-state index in [1.807, 2.05) is 43.0 Å². The Morgan fingerprint density at radius 2 is 1.87 bits per heavy atom. The monoisotopic (exact) mass is 662 g/mol. The van der Waals surface area contributed by atoms with E-state index in [0.717, 1.165) is 69.8 Å². The van der Waals surface area contributed by atoms with Crippen LogP contribution in [0.15, 0.2) is 24.3 Å². The highest BCUT2D eigenvalue weighted by Crippen LogP contribution is 2.55. The van der Waals surface area contributed by atoms with Crippen molar-refractivity contribution in [3.8, 4) is 0 Å². The minimum Gasteiger partial charge on any atom is -0.462 e. The molecule has 9 heteroatoms. The predicted molar refractivity (Wildman–Crippen MR) is 190 cm³/mol. The number of hydrogen-bond acceptors (Lipinski definition) is 8. The number of carbonyl (C=O) groups excluding carboxylic acids is 2. The molecule has 1 heterocycles. The van der Waals surface area contributed by atoms with Gasteiger partial charge in [0.05, 0.1) is 24.9 Å². The van der Waals surface area contributed by atoms with Gasteiger partial charge >= 0.3 is 5.97 Å². The molecule has 4 rings (SSSR count). The van der Waals surface area contributed by atoms with Crippen molar-refractivity contribution in [2.24, 2.45) is 17.3 Å². The maximum Gasteiger partial charge on any atom is 0.325 e. The predicted octanol–water partition coefficient (Wildman–Crippen LogP) is 6.31. The normalized spacial score (nSPS) is 27.1. The first-order valence-corrected chi connectivity index (χ1v) is 18.4. The van der Waals surface area contributed by atoms with E-state index in [2.05, 4.69) is 38.3 Å². The fourth-order valence-corrected chi connectivity index (χ4v) is 7.71. The highest BCUT2D eigenvalue weighted by Gasteiger charge is 2.49. The van der Waals surface area contributed by atoms with Crippen LogP contribution in [0.3, 0.4) is 0 Å². The van der Waals surface area contributed by atoms with Crippen molar-refractivity contribution in [3.05, 3.63) is 29.8 Å². The molecule has 0 aromatic heterocycles. The molecule has 1 aromatic rings. The first kappa shape index (κ1) is 41.0. The van der Waals surface area contributed by atoms with Crippen molar-refractivity contribution in [2.45, 2.75) is 136 Å². The Kier molecular flexibility index (Phi) is 18.9. The molecule has 1 aromatic carbocycles. The van der Waals surface area contributed by atoms with Gasteiger partial charge in [0.25, 0.3) is 0 Å². The quantitative estimate of drug-likeness (QED) is 0.0872. The lowest BCUT2D eigenvalue weighted by atomic mass is 9.56. The van der Waals surface area contributed by atoms with Crippen LogP contribution in [0.2, 0.25) is 0 Å². The number of aliphatic hydroxyl groups excluding tert-OH is 2. The summed E-state index contributed by atoms with van der Waals surface area (Å²) in [5, 5.41) is 24.7. The first-order valence-electron chi connectivity index (χ1n) is 18.4. The third-order valence-electron chi connectivity index (χ3n) is 10.1. The van der Waals surface area contributed by atoms with Gasteiger partial charge in [-0.05, 0) is 113 Å². The number of rotatable bonds is 17. The van der Waals surface area contributed by atoms with E-state index in [0.29, 0.717) is 37.0 Å². The van der Waals surface area contributed by atoms with Crippen molar-refractivity contribution in [2.75, 3.05) is 44.8 Å². The van der Waals surface area contributed by atoms with Gasteiger partial charge in [0.2, 0.25) is 6.41 Å². The number of ether oxygens (including phenoxy) is 2. The van der Waals surface area contributed by atoms with Crippen LogP contribution < -0.4 is 10.6 Å². The Balaban J connectivity index is 0.000000660. The van der Waals surface area contributed by atoms with Crippen molar-refractivity contribution in [1.29, 1.82) is 0 Å². The molecule has 4 N–H and O–H groups in total. The molecular formula is C38H67N3O6. The molecule has 2 aliphatic carbocycles. The number of nitrogens with one attached hydrogen (secondary N) is 2. The Bertz CT molecular complexity index is 1010. The summed E-state index contributed by atoms with van der Waals surface area (Å²) < 4.78 is 11.9. The maximum absolute atomic E-state index is 12.3. The van der Waals surface area contributed by atoms with Crippen LogP contribution in [-0.4, -0.2) is 84.7 Å². The minimum atomic E-state index is -0.604. The van der Waals surface area contributed by atoms with Crippen molar-refractivity contribution in [1.82, 2.24) is 10.2 Å². The van der Waals surface area contributed by atoms with Crippen LogP contribution >= 0.6 is 0 Å². The minimum absolute atomic E-state index is 0.0466. The number of hydrogen-bond donors (Lipinski definition) is 4. The molecule has 2 bridgehead atoms. The van der Waals surface area contributed by atoms with Gasteiger partial charge in [0, 0.05) is 24.8 Å². The summed E-state index contributed by atoms with van der Waals surface area (Å²) in [6.07, 6.45) is 12.4. The van der Waals surface area contributed by atoms with Gasteiger partial charge in [0.15, 0.2) is 0 Å². The highest BCUT2D eigenvalue weighted by atomic mass is 16.6. The molecule has 47 heavy (non-hydrogen) atoms. The molecule has 1 aliphatic heterocycles. The molecule has 270 valence electrons. The number of unbranched alkanes of at least 4 members (excludes halogenated alkanes) is 1. The number of fused-ring (bicyclic) bond motifs is 2. The van der Waals surface area contributed by atoms with E-state index in [1.165, 1.54) is 37.7 Å². The Hall–Kier alpha value is -2.20. The standard InChI is InChI=1S/C30H50N2O5.C6H11NO.C2H6/c1-4-29(3)17-25-15-23(2)16-30(18-25,22-29)37-14-13-36-28(35)20-32-26-10-8-24(9-11-26)19-31-12-6-5-7-27(34)21-33;1-6-3-2-4-7(6)5-8;1-2/h8-11,23,25,27,31-34H,4-7,12-22H2,1-3H3;5-6H,2-4H2,1H3;1-2H3/t;6-;/m.1./s1. The van der Waals surface area contributed by atoms with Gasteiger partial charge < -0.3 is 35.2 Å².